The van der Waals surface area contributed by atoms with Crippen LogP contribution in [0.1, 0.15) is 41.1 Å². The second kappa shape index (κ2) is 8.52. The van der Waals surface area contributed by atoms with E-state index in [0.29, 0.717) is 29.4 Å². The molecular weight excluding hydrogens is 390 g/mol. The Labute approximate surface area is 172 Å². The molecule has 0 saturated carbocycles. The number of carbonyl (C=O) groups excluding carboxylic acids is 1. The number of phenols is 1. The summed E-state index contributed by atoms with van der Waals surface area (Å²) >= 11 is 1.05. The molecule has 0 unspecified atom stereocenters. The number of piperidine rings is 1. The van der Waals surface area contributed by atoms with Crippen molar-refractivity contribution in [3.63, 3.8) is 0 Å². The molecule has 3 aromatic rings. The minimum atomic E-state index is -0.145. The Kier molecular flexibility index (Phi) is 5.66. The number of aromatic hydroxyl groups is 1. The van der Waals surface area contributed by atoms with Crippen LogP contribution in [-0.4, -0.2) is 37.8 Å². The van der Waals surface area contributed by atoms with E-state index >= 15 is 0 Å². The number of furan rings is 1. The predicted molar refractivity (Wildman–Crippen MR) is 112 cm³/mol. The van der Waals surface area contributed by atoms with Crippen molar-refractivity contribution in [2.24, 2.45) is 0 Å². The number of anilines is 3. The van der Waals surface area contributed by atoms with E-state index in [9.17, 15) is 9.90 Å². The lowest BCUT2D eigenvalue weighted by Crippen LogP contribution is -2.35. The number of nitrogens with zero attached hydrogens (tertiary/aromatic N) is 3. The molecule has 0 spiro atoms. The second-order valence-electron chi connectivity index (χ2n) is 7.01. The van der Waals surface area contributed by atoms with E-state index < -0.39 is 0 Å². The van der Waals surface area contributed by atoms with Crippen LogP contribution >= 0.6 is 11.7 Å². The van der Waals surface area contributed by atoms with Gasteiger partial charge in [0.2, 0.25) is 0 Å². The van der Waals surface area contributed by atoms with Crippen molar-refractivity contribution in [1.82, 2.24) is 13.6 Å². The molecular formula is C20H23N5O3S. The molecule has 3 heterocycles. The first-order valence-electron chi connectivity index (χ1n) is 9.62. The fourth-order valence-electron chi connectivity index (χ4n) is 3.35. The molecule has 0 atom stereocenters. The molecule has 1 aromatic carbocycles. The number of para-hydroxylation sites is 1. The molecule has 1 saturated heterocycles. The minimum Gasteiger partial charge on any atom is -0.505 e. The minimum absolute atomic E-state index is 0.0799. The summed E-state index contributed by atoms with van der Waals surface area (Å²) in [6.45, 7) is 3.81. The van der Waals surface area contributed by atoms with Gasteiger partial charge in [-0.3, -0.25) is 4.79 Å². The number of nitrogens with one attached hydrogen (secondary N) is 2. The van der Waals surface area contributed by atoms with E-state index in [-0.39, 0.29) is 11.7 Å². The lowest BCUT2D eigenvalue weighted by Gasteiger charge is -2.27. The summed E-state index contributed by atoms with van der Waals surface area (Å²) < 4.78 is 14.1. The van der Waals surface area contributed by atoms with E-state index in [1.165, 1.54) is 0 Å². The highest BCUT2D eigenvalue weighted by Gasteiger charge is 2.22. The first-order valence-corrected chi connectivity index (χ1v) is 10.3. The predicted octanol–water partition coefficient (Wildman–Crippen LogP) is 4.13. The van der Waals surface area contributed by atoms with Crippen LogP contribution in [-0.2, 0) is 6.54 Å². The van der Waals surface area contributed by atoms with E-state index in [4.69, 9.17) is 4.42 Å². The highest BCUT2D eigenvalue weighted by molar-refractivity contribution is 6.99. The Morgan fingerprint density at radius 2 is 1.97 bits per heavy atom. The number of aromatic nitrogens is 2. The van der Waals surface area contributed by atoms with Crippen molar-refractivity contribution in [3.8, 4) is 5.75 Å². The molecule has 4 rings (SSSR count). The van der Waals surface area contributed by atoms with Crippen LogP contribution in [0.15, 0.2) is 34.7 Å². The average molecular weight is 414 g/mol. The normalized spacial score (nSPS) is 14.0. The number of hydrogen-bond acceptors (Lipinski definition) is 8. The molecule has 2 aromatic heterocycles. The van der Waals surface area contributed by atoms with Crippen LogP contribution in [0.25, 0.3) is 0 Å². The summed E-state index contributed by atoms with van der Waals surface area (Å²) in [7, 11) is 0. The van der Waals surface area contributed by atoms with Crippen molar-refractivity contribution in [1.29, 1.82) is 0 Å². The van der Waals surface area contributed by atoms with Gasteiger partial charge in [0.05, 0.1) is 29.5 Å². The lowest BCUT2D eigenvalue weighted by molar-refractivity contribution is 0.0721. The van der Waals surface area contributed by atoms with Gasteiger partial charge < -0.3 is 25.1 Å². The fraction of sp³-hybridized carbons (Fsp3) is 0.350. The third kappa shape index (κ3) is 4.34. The maximum Gasteiger partial charge on any atom is 0.257 e. The first-order chi connectivity index (χ1) is 14.1. The Hall–Kier alpha value is -3.07. The number of carbonyl (C=O) groups is 1. The van der Waals surface area contributed by atoms with Gasteiger partial charge in [-0.1, -0.05) is 6.07 Å². The van der Waals surface area contributed by atoms with Crippen molar-refractivity contribution in [2.75, 3.05) is 23.7 Å². The van der Waals surface area contributed by atoms with Crippen LogP contribution in [0.3, 0.4) is 0 Å². The molecule has 0 bridgehead atoms. The summed E-state index contributed by atoms with van der Waals surface area (Å²) in [6, 6.07) is 8.91. The monoisotopic (exact) mass is 413 g/mol. The van der Waals surface area contributed by atoms with Gasteiger partial charge in [-0.15, -0.1) is 0 Å². The summed E-state index contributed by atoms with van der Waals surface area (Å²) in [5.41, 5.74) is 0.707. The molecule has 1 aliphatic heterocycles. The van der Waals surface area contributed by atoms with Gasteiger partial charge in [0.15, 0.2) is 17.4 Å². The van der Waals surface area contributed by atoms with E-state index in [1.807, 2.05) is 19.1 Å². The maximum atomic E-state index is 12.8. The highest BCUT2D eigenvalue weighted by Crippen LogP contribution is 2.33. The Bertz CT molecular complexity index is 994. The lowest BCUT2D eigenvalue weighted by atomic mass is 10.1. The molecule has 0 aliphatic carbocycles. The number of likely N-dealkylation sites (tertiary alicyclic amines) is 1. The van der Waals surface area contributed by atoms with Crippen LogP contribution in [0.2, 0.25) is 0 Å². The Morgan fingerprint density at radius 1 is 1.17 bits per heavy atom. The molecule has 3 N–H and O–H groups in total. The number of amides is 1. The van der Waals surface area contributed by atoms with E-state index in [0.717, 1.165) is 55.6 Å². The molecule has 29 heavy (non-hydrogen) atoms. The fourth-order valence-corrected chi connectivity index (χ4v) is 3.84. The molecule has 1 aliphatic rings. The quantitative estimate of drug-likeness (QED) is 0.522. The zero-order valence-corrected chi connectivity index (χ0v) is 17.0. The van der Waals surface area contributed by atoms with Crippen LogP contribution in [0.4, 0.5) is 17.3 Å². The van der Waals surface area contributed by atoms with Crippen LogP contribution in [0, 0.1) is 6.92 Å². The van der Waals surface area contributed by atoms with Crippen molar-refractivity contribution in [3.05, 3.63) is 47.4 Å². The van der Waals surface area contributed by atoms with Gasteiger partial charge in [-0.2, -0.15) is 8.75 Å². The summed E-state index contributed by atoms with van der Waals surface area (Å²) in [5.74, 6) is 2.44. The summed E-state index contributed by atoms with van der Waals surface area (Å²) in [5, 5.41) is 17.0. The van der Waals surface area contributed by atoms with E-state index in [2.05, 4.69) is 19.4 Å². The topological polar surface area (TPSA) is 104 Å². The van der Waals surface area contributed by atoms with Gasteiger partial charge in [0, 0.05) is 13.1 Å². The largest absolute Gasteiger partial charge is 0.505 e. The van der Waals surface area contributed by atoms with Gasteiger partial charge in [0.1, 0.15) is 11.5 Å². The summed E-state index contributed by atoms with van der Waals surface area (Å²) in [4.78, 5) is 14.6. The number of aryl methyl sites for hydroxylation is 1. The molecule has 8 nitrogen and oxygen atoms in total. The Morgan fingerprint density at radius 3 is 2.72 bits per heavy atom. The smallest absolute Gasteiger partial charge is 0.257 e. The van der Waals surface area contributed by atoms with Crippen LogP contribution < -0.4 is 10.6 Å². The number of phenolic OH excluding ortho intramolecular Hbond substituents is 1. The molecule has 152 valence electrons. The number of benzene rings is 1. The van der Waals surface area contributed by atoms with Crippen molar-refractivity contribution in [2.45, 2.75) is 32.7 Å². The van der Waals surface area contributed by atoms with Crippen LogP contribution in [0.5, 0.6) is 5.75 Å². The molecule has 1 fully saturated rings. The third-order valence-electron chi connectivity index (χ3n) is 4.88. The number of hydrogen-bond donors (Lipinski definition) is 3. The Balaban J connectivity index is 1.48. The standard InChI is InChI=1S/C20H23N5O3S/c1-13-8-9-14(28-13)12-21-18-19(24-29-23-18)22-16-7-5-6-15(17(16)26)20(27)25-10-3-2-4-11-25/h5-9,26H,2-4,10-12H2,1H3,(H,21,23)(H,22,24). The van der Waals surface area contributed by atoms with Crippen molar-refractivity contribution >= 4 is 35.0 Å². The third-order valence-corrected chi connectivity index (χ3v) is 5.41. The van der Waals surface area contributed by atoms with E-state index in [1.54, 1.807) is 23.1 Å². The molecule has 1 amide bonds. The zero-order valence-electron chi connectivity index (χ0n) is 16.1. The average Bonchev–Trinajstić information content (AvgIpc) is 3.36. The maximum absolute atomic E-state index is 12.8. The molecule has 0 radical (unpaired) electrons. The van der Waals surface area contributed by atoms with Gasteiger partial charge in [0.25, 0.3) is 5.91 Å². The number of rotatable bonds is 6. The van der Waals surface area contributed by atoms with Gasteiger partial charge >= 0.3 is 0 Å². The SMILES string of the molecule is Cc1ccc(CNc2nsnc2Nc2cccc(C(=O)N3CCCCC3)c2O)o1. The van der Waals surface area contributed by atoms with Gasteiger partial charge in [-0.25, -0.2) is 0 Å². The summed E-state index contributed by atoms with van der Waals surface area (Å²) in [6.07, 6.45) is 3.14. The van der Waals surface area contributed by atoms with Crippen molar-refractivity contribution < 1.29 is 14.3 Å². The second-order valence-corrected chi connectivity index (χ2v) is 7.54. The first kappa shape index (κ1) is 19.3. The zero-order chi connectivity index (χ0) is 20.2. The van der Waals surface area contributed by atoms with Gasteiger partial charge in [-0.05, 0) is 50.5 Å². The molecule has 9 heteroatoms. The highest BCUT2D eigenvalue weighted by atomic mass is 32.1.